The van der Waals surface area contributed by atoms with E-state index in [1.165, 1.54) is 51.2 Å². The molecule has 0 unspecified atom stereocenters. The number of benzene rings is 1. The predicted octanol–water partition coefficient (Wildman–Crippen LogP) is 5.11. The molecule has 0 saturated heterocycles. The van der Waals surface area contributed by atoms with Crippen LogP contribution < -0.4 is 10.1 Å². The van der Waals surface area contributed by atoms with Crippen LogP contribution in [0.25, 0.3) is 0 Å². The molecule has 1 amide bonds. The Labute approximate surface area is 174 Å². The molecule has 1 N–H and O–H groups in total. The van der Waals surface area contributed by atoms with Crippen molar-refractivity contribution in [2.45, 2.75) is 43.9 Å². The molecular weight excluding hydrogens is 391 g/mol. The van der Waals surface area contributed by atoms with Crippen LogP contribution >= 0.6 is 11.8 Å². The van der Waals surface area contributed by atoms with Gasteiger partial charge in [0.15, 0.2) is 17.4 Å². The number of Topliss-reactive ketones (excluding diaryl/α,β-unsaturated/α-hetero) is 1. The van der Waals surface area contributed by atoms with Crippen LogP contribution in [0.15, 0.2) is 41.4 Å². The number of halogens is 1. The van der Waals surface area contributed by atoms with Gasteiger partial charge in [-0.2, -0.15) is 0 Å². The lowest BCUT2D eigenvalue weighted by molar-refractivity contribution is -0.113. The van der Waals surface area contributed by atoms with Gasteiger partial charge in [-0.15, -0.1) is 11.8 Å². The van der Waals surface area contributed by atoms with Gasteiger partial charge < -0.3 is 10.1 Å². The number of pyridine rings is 1. The highest BCUT2D eigenvalue weighted by Crippen LogP contribution is 2.28. The second-order valence-corrected chi connectivity index (χ2v) is 8.22. The van der Waals surface area contributed by atoms with Crippen molar-refractivity contribution in [2.75, 3.05) is 17.7 Å². The molecule has 5 nitrogen and oxygen atoms in total. The van der Waals surface area contributed by atoms with E-state index in [0.29, 0.717) is 34.6 Å². The fourth-order valence-electron chi connectivity index (χ4n) is 3.31. The van der Waals surface area contributed by atoms with Crippen molar-refractivity contribution in [1.82, 2.24) is 4.98 Å². The molecule has 0 aliphatic heterocycles. The maximum Gasteiger partial charge on any atom is 0.235 e. The summed E-state index contributed by atoms with van der Waals surface area (Å²) in [6.07, 6.45) is 7.72. The summed E-state index contributed by atoms with van der Waals surface area (Å²) in [7, 11) is 0. The Morgan fingerprint density at radius 3 is 2.76 bits per heavy atom. The van der Waals surface area contributed by atoms with Crippen molar-refractivity contribution in [3.63, 3.8) is 0 Å². The van der Waals surface area contributed by atoms with E-state index in [1.54, 1.807) is 24.4 Å². The number of aromatic nitrogens is 1. The molecule has 1 fully saturated rings. The number of hydrogen-bond donors (Lipinski definition) is 1. The molecule has 0 bridgehead atoms. The Balaban J connectivity index is 1.54. The molecule has 1 aromatic heterocycles. The van der Waals surface area contributed by atoms with Gasteiger partial charge in [-0.3, -0.25) is 9.59 Å². The number of anilines is 1. The van der Waals surface area contributed by atoms with E-state index in [1.807, 2.05) is 0 Å². The van der Waals surface area contributed by atoms with E-state index in [2.05, 4.69) is 10.3 Å². The maximum atomic E-state index is 14.1. The van der Waals surface area contributed by atoms with Crippen LogP contribution in [-0.2, 0) is 4.79 Å². The second-order valence-electron chi connectivity index (χ2n) is 7.20. The average Bonchev–Trinajstić information content (AvgIpc) is 2.73. The van der Waals surface area contributed by atoms with Gasteiger partial charge in [0.2, 0.25) is 5.91 Å². The van der Waals surface area contributed by atoms with Crippen LogP contribution in [-0.4, -0.2) is 29.0 Å². The number of carbonyl (C=O) groups is 2. The van der Waals surface area contributed by atoms with Crippen molar-refractivity contribution < 1.29 is 18.7 Å². The minimum atomic E-state index is -0.509. The van der Waals surface area contributed by atoms with Gasteiger partial charge in [-0.05, 0) is 49.9 Å². The third-order valence-electron chi connectivity index (χ3n) is 4.92. The van der Waals surface area contributed by atoms with Crippen molar-refractivity contribution >= 4 is 29.3 Å². The quantitative estimate of drug-likeness (QED) is 0.478. The lowest BCUT2D eigenvalue weighted by Crippen LogP contribution is -2.18. The van der Waals surface area contributed by atoms with E-state index >= 15 is 0 Å². The lowest BCUT2D eigenvalue weighted by atomic mass is 9.90. The van der Waals surface area contributed by atoms with Crippen LogP contribution in [0.5, 0.6) is 5.75 Å². The van der Waals surface area contributed by atoms with Crippen molar-refractivity contribution in [3.05, 3.63) is 47.9 Å². The summed E-state index contributed by atoms with van der Waals surface area (Å²) in [5.74, 6) is 0.485. The van der Waals surface area contributed by atoms with Gasteiger partial charge in [0.25, 0.3) is 0 Å². The molecule has 0 spiro atoms. The van der Waals surface area contributed by atoms with Crippen LogP contribution in [0.1, 0.15) is 49.4 Å². The molecule has 7 heteroatoms. The van der Waals surface area contributed by atoms with Gasteiger partial charge in [0.05, 0.1) is 12.4 Å². The smallest absolute Gasteiger partial charge is 0.235 e. The van der Waals surface area contributed by atoms with E-state index in [0.717, 1.165) is 11.8 Å². The minimum absolute atomic E-state index is 0.0228. The fraction of sp³-hybridized carbons (Fsp3) is 0.409. The molecule has 0 radical (unpaired) electrons. The Kier molecular flexibility index (Phi) is 7.63. The molecule has 1 saturated carbocycles. The summed E-state index contributed by atoms with van der Waals surface area (Å²) in [4.78, 5) is 28.2. The summed E-state index contributed by atoms with van der Waals surface area (Å²) < 4.78 is 20.0. The van der Waals surface area contributed by atoms with Crippen LogP contribution in [0.3, 0.4) is 0 Å². The fourth-order valence-corrected chi connectivity index (χ4v) is 4.03. The van der Waals surface area contributed by atoms with E-state index in [-0.39, 0.29) is 17.4 Å². The first kappa shape index (κ1) is 21.3. The number of nitrogens with one attached hydrogen (secondary N) is 1. The summed E-state index contributed by atoms with van der Waals surface area (Å²) in [5.41, 5.74) is 0.310. The topological polar surface area (TPSA) is 68.3 Å². The maximum absolute atomic E-state index is 14.1. The summed E-state index contributed by atoms with van der Waals surface area (Å²) in [6.45, 7) is 2.01. The van der Waals surface area contributed by atoms with Crippen molar-refractivity contribution in [2.24, 2.45) is 5.92 Å². The summed E-state index contributed by atoms with van der Waals surface area (Å²) in [5, 5.41) is 2.75. The number of rotatable bonds is 8. The number of hydrogen-bond acceptors (Lipinski definition) is 5. The summed E-state index contributed by atoms with van der Waals surface area (Å²) >= 11 is 1.07. The molecule has 0 atom stereocenters. The van der Waals surface area contributed by atoms with Gasteiger partial charge in [-0.1, -0.05) is 25.3 Å². The zero-order valence-electron chi connectivity index (χ0n) is 16.4. The molecule has 1 heterocycles. The Morgan fingerprint density at radius 2 is 2.03 bits per heavy atom. The minimum Gasteiger partial charge on any atom is -0.489 e. The highest BCUT2D eigenvalue weighted by molar-refractivity contribution is 8.00. The molecule has 1 aliphatic rings. The average molecular weight is 417 g/mol. The van der Waals surface area contributed by atoms with Crippen LogP contribution in [0, 0.1) is 11.7 Å². The third-order valence-corrected chi connectivity index (χ3v) is 5.97. The van der Waals surface area contributed by atoms with Crippen molar-refractivity contribution in [3.8, 4) is 5.75 Å². The normalized spacial score (nSPS) is 14.4. The highest BCUT2D eigenvalue weighted by atomic mass is 32.2. The number of thioether (sulfide) groups is 1. The zero-order chi connectivity index (χ0) is 20.6. The largest absolute Gasteiger partial charge is 0.489 e. The number of ether oxygens (including phenoxy) is 1. The Bertz CT molecular complexity index is 869. The standard InChI is InChI=1S/C22H25FN2O3S/c1-15(26)17-9-10-20(18(23)12-17)29-14-21(27)25-22-19(8-5-11-24-22)28-13-16-6-3-2-4-7-16/h5,8-12,16H,2-4,6-7,13-14H2,1H3,(H,24,25,27). The van der Waals surface area contributed by atoms with E-state index < -0.39 is 5.82 Å². The highest BCUT2D eigenvalue weighted by Gasteiger charge is 2.16. The molecule has 154 valence electrons. The molecule has 1 aliphatic carbocycles. The zero-order valence-corrected chi connectivity index (χ0v) is 17.3. The van der Waals surface area contributed by atoms with Crippen molar-refractivity contribution in [1.29, 1.82) is 0 Å². The van der Waals surface area contributed by atoms with E-state index in [4.69, 9.17) is 4.74 Å². The number of ketones is 1. The lowest BCUT2D eigenvalue weighted by Gasteiger charge is -2.22. The first-order chi connectivity index (χ1) is 14.0. The Morgan fingerprint density at radius 1 is 1.24 bits per heavy atom. The first-order valence-corrected chi connectivity index (χ1v) is 10.8. The Hall–Kier alpha value is -2.41. The van der Waals surface area contributed by atoms with Gasteiger partial charge in [0.1, 0.15) is 5.82 Å². The number of amides is 1. The molecule has 2 aromatic rings. The number of carbonyl (C=O) groups excluding carboxylic acids is 2. The van der Waals surface area contributed by atoms with Gasteiger partial charge in [-0.25, -0.2) is 9.37 Å². The summed E-state index contributed by atoms with van der Waals surface area (Å²) in [6, 6.07) is 7.83. The molecular formula is C22H25FN2O3S. The predicted molar refractivity (Wildman–Crippen MR) is 112 cm³/mol. The van der Waals surface area contributed by atoms with Gasteiger partial charge in [0, 0.05) is 16.7 Å². The second kappa shape index (κ2) is 10.4. The molecule has 29 heavy (non-hydrogen) atoms. The third kappa shape index (κ3) is 6.29. The first-order valence-electron chi connectivity index (χ1n) is 9.84. The van der Waals surface area contributed by atoms with Crippen LogP contribution in [0.2, 0.25) is 0 Å². The van der Waals surface area contributed by atoms with Gasteiger partial charge >= 0.3 is 0 Å². The molecule has 3 rings (SSSR count). The SMILES string of the molecule is CC(=O)c1ccc(SCC(=O)Nc2ncccc2OCC2CCCCC2)c(F)c1. The van der Waals surface area contributed by atoms with E-state index in [9.17, 15) is 14.0 Å². The van der Waals surface area contributed by atoms with Crippen LogP contribution in [0.4, 0.5) is 10.2 Å². The number of nitrogens with zero attached hydrogens (tertiary/aromatic N) is 1. The molecule has 1 aromatic carbocycles. The monoisotopic (exact) mass is 416 g/mol.